The number of unbranched alkanes of at least 4 members (excludes halogenated alkanes) is 1. The third-order valence-corrected chi connectivity index (χ3v) is 6.26. The molecule has 0 bridgehead atoms. The Bertz CT molecular complexity index is 823. The van der Waals surface area contributed by atoms with Crippen LogP contribution in [0.5, 0.6) is 5.75 Å². The molecule has 3 rings (SSSR count). The molecule has 2 unspecified atom stereocenters. The minimum absolute atomic E-state index is 0.170. The molecule has 6 nitrogen and oxygen atoms in total. The third kappa shape index (κ3) is 6.38. The lowest BCUT2D eigenvalue weighted by atomic mass is 9.91. The number of rotatable bonds is 12. The lowest BCUT2D eigenvalue weighted by Gasteiger charge is -2.37. The Kier molecular flexibility index (Phi) is 9.36. The number of likely N-dealkylation sites (tertiary alicyclic amines) is 1. The van der Waals surface area contributed by atoms with Crippen LogP contribution in [-0.2, 0) is 14.3 Å². The van der Waals surface area contributed by atoms with E-state index in [1.807, 2.05) is 24.3 Å². The minimum atomic E-state index is -0.198. The first-order valence-corrected chi connectivity index (χ1v) is 12.6. The van der Waals surface area contributed by atoms with Crippen LogP contribution in [0.1, 0.15) is 65.4 Å². The van der Waals surface area contributed by atoms with E-state index in [4.69, 9.17) is 9.47 Å². The molecule has 2 aliphatic rings. The van der Waals surface area contributed by atoms with Crippen molar-refractivity contribution in [3.63, 3.8) is 0 Å². The fourth-order valence-corrected chi connectivity index (χ4v) is 4.78. The molecule has 2 heterocycles. The monoisotopic (exact) mass is 456 g/mol. The van der Waals surface area contributed by atoms with Crippen LogP contribution < -0.4 is 4.74 Å². The molecule has 1 aromatic carbocycles. The maximum Gasteiger partial charge on any atom is 0.277 e. The van der Waals surface area contributed by atoms with Crippen molar-refractivity contribution in [1.82, 2.24) is 9.80 Å². The maximum absolute atomic E-state index is 13.5. The molecule has 0 aromatic heterocycles. The number of benzene rings is 1. The molecule has 0 radical (unpaired) electrons. The van der Waals surface area contributed by atoms with Crippen molar-refractivity contribution in [2.24, 2.45) is 11.8 Å². The number of carbonyl (C=O) groups excluding carboxylic acids is 2. The van der Waals surface area contributed by atoms with Gasteiger partial charge in [-0.1, -0.05) is 46.2 Å². The van der Waals surface area contributed by atoms with Gasteiger partial charge in [-0.2, -0.15) is 0 Å². The second-order valence-corrected chi connectivity index (χ2v) is 9.53. The van der Waals surface area contributed by atoms with E-state index in [1.165, 1.54) is 4.90 Å². The van der Waals surface area contributed by atoms with Gasteiger partial charge in [0.05, 0.1) is 12.2 Å². The van der Waals surface area contributed by atoms with Crippen LogP contribution in [0.4, 0.5) is 0 Å². The zero-order valence-corrected chi connectivity index (χ0v) is 20.8. The normalized spacial score (nSPS) is 21.3. The summed E-state index contributed by atoms with van der Waals surface area (Å²) in [6.45, 7) is 12.6. The Labute approximate surface area is 198 Å². The Balaban J connectivity index is 1.83. The SMILES string of the molecule is CCCCOCCCN1C(=O)C(c2ccc(OCCC)cc2)=C(N2CC(C)CC(C)C2)C1=O. The molecule has 2 atom stereocenters. The molecule has 0 saturated carbocycles. The van der Waals surface area contributed by atoms with Gasteiger partial charge >= 0.3 is 0 Å². The van der Waals surface area contributed by atoms with Gasteiger partial charge in [-0.3, -0.25) is 14.5 Å². The molecule has 0 spiro atoms. The second-order valence-electron chi connectivity index (χ2n) is 9.53. The number of carbonyl (C=O) groups is 2. The highest BCUT2D eigenvalue weighted by molar-refractivity contribution is 6.35. The van der Waals surface area contributed by atoms with Gasteiger partial charge in [0.1, 0.15) is 11.4 Å². The summed E-state index contributed by atoms with van der Waals surface area (Å²) in [4.78, 5) is 30.6. The molecule has 2 amide bonds. The van der Waals surface area contributed by atoms with Crippen LogP contribution in [0.25, 0.3) is 5.57 Å². The Morgan fingerprint density at radius 1 is 0.879 bits per heavy atom. The molecule has 6 heteroatoms. The summed E-state index contributed by atoms with van der Waals surface area (Å²) < 4.78 is 11.3. The van der Waals surface area contributed by atoms with E-state index in [9.17, 15) is 9.59 Å². The van der Waals surface area contributed by atoms with Crippen LogP contribution in [-0.4, -0.2) is 61.1 Å². The molecule has 0 N–H and O–H groups in total. The largest absolute Gasteiger partial charge is 0.494 e. The summed E-state index contributed by atoms with van der Waals surface area (Å²) in [5.74, 6) is 1.38. The van der Waals surface area contributed by atoms with Crippen molar-refractivity contribution >= 4 is 17.4 Å². The topological polar surface area (TPSA) is 59.1 Å². The molecule has 0 aliphatic carbocycles. The van der Waals surface area contributed by atoms with E-state index in [-0.39, 0.29) is 11.8 Å². The van der Waals surface area contributed by atoms with Gasteiger partial charge in [-0.15, -0.1) is 0 Å². The van der Waals surface area contributed by atoms with Gasteiger partial charge < -0.3 is 14.4 Å². The van der Waals surface area contributed by atoms with Crippen LogP contribution in [0.2, 0.25) is 0 Å². The van der Waals surface area contributed by atoms with Crippen LogP contribution in [0.15, 0.2) is 30.0 Å². The van der Waals surface area contributed by atoms with Gasteiger partial charge in [-0.05, 0) is 55.2 Å². The second kappa shape index (κ2) is 12.2. The van der Waals surface area contributed by atoms with Crippen LogP contribution in [0, 0.1) is 11.8 Å². The summed E-state index contributed by atoms with van der Waals surface area (Å²) in [6, 6.07) is 7.58. The van der Waals surface area contributed by atoms with Crippen LogP contribution in [0.3, 0.4) is 0 Å². The summed E-state index contributed by atoms with van der Waals surface area (Å²) in [5, 5.41) is 0. The lowest BCUT2D eigenvalue weighted by Crippen LogP contribution is -2.42. The minimum Gasteiger partial charge on any atom is -0.494 e. The Morgan fingerprint density at radius 2 is 1.55 bits per heavy atom. The Morgan fingerprint density at radius 3 is 2.18 bits per heavy atom. The number of imide groups is 1. The first-order chi connectivity index (χ1) is 16.0. The van der Waals surface area contributed by atoms with Crippen molar-refractivity contribution in [2.45, 2.75) is 59.8 Å². The molecular formula is C27H40N2O4. The summed E-state index contributed by atoms with van der Waals surface area (Å²) >= 11 is 0. The first kappa shape index (κ1) is 25.3. The molecule has 1 fully saturated rings. The number of hydrogen-bond donors (Lipinski definition) is 0. The zero-order chi connectivity index (χ0) is 23.8. The fraction of sp³-hybridized carbons (Fsp3) is 0.630. The standard InChI is InChI=1S/C27H40N2O4/c1-5-7-15-32-16-8-13-29-26(30)24(22-9-11-23(12-10-22)33-14-6-2)25(27(29)31)28-18-20(3)17-21(4)19-28/h9-12,20-21H,5-8,13-19H2,1-4H3. The van der Waals surface area contributed by atoms with Gasteiger partial charge in [-0.25, -0.2) is 0 Å². The van der Waals surface area contributed by atoms with Crippen molar-refractivity contribution in [1.29, 1.82) is 0 Å². The smallest absolute Gasteiger partial charge is 0.277 e. The average molecular weight is 457 g/mol. The molecule has 1 saturated heterocycles. The number of hydrogen-bond acceptors (Lipinski definition) is 5. The highest BCUT2D eigenvalue weighted by Gasteiger charge is 2.42. The molecule has 33 heavy (non-hydrogen) atoms. The van der Waals surface area contributed by atoms with E-state index in [1.54, 1.807) is 0 Å². The van der Waals surface area contributed by atoms with Crippen molar-refractivity contribution < 1.29 is 19.1 Å². The fourth-order valence-electron chi connectivity index (χ4n) is 4.78. The predicted octanol–water partition coefficient (Wildman–Crippen LogP) is 4.74. The van der Waals surface area contributed by atoms with E-state index in [0.717, 1.165) is 56.7 Å². The van der Waals surface area contributed by atoms with Crippen molar-refractivity contribution in [3.05, 3.63) is 35.5 Å². The Hall–Kier alpha value is -2.34. The van der Waals surface area contributed by atoms with Crippen molar-refractivity contribution in [2.75, 3.05) is 39.5 Å². The van der Waals surface area contributed by atoms with Gasteiger partial charge in [0.15, 0.2) is 0 Å². The lowest BCUT2D eigenvalue weighted by molar-refractivity contribution is -0.137. The van der Waals surface area contributed by atoms with E-state index >= 15 is 0 Å². The quantitative estimate of drug-likeness (QED) is 0.336. The molecule has 2 aliphatic heterocycles. The van der Waals surface area contributed by atoms with Gasteiger partial charge in [0, 0.05) is 32.8 Å². The first-order valence-electron chi connectivity index (χ1n) is 12.6. The zero-order valence-electron chi connectivity index (χ0n) is 20.8. The molecule has 1 aromatic rings. The van der Waals surface area contributed by atoms with E-state index in [0.29, 0.717) is 49.3 Å². The number of amides is 2. The van der Waals surface area contributed by atoms with Crippen molar-refractivity contribution in [3.8, 4) is 5.75 Å². The number of ether oxygens (including phenoxy) is 2. The number of nitrogens with zero attached hydrogens (tertiary/aromatic N) is 2. The maximum atomic E-state index is 13.5. The predicted molar refractivity (Wildman–Crippen MR) is 131 cm³/mol. The molecular weight excluding hydrogens is 416 g/mol. The molecule has 182 valence electrons. The van der Waals surface area contributed by atoms with Gasteiger partial charge in [0.2, 0.25) is 0 Å². The summed E-state index contributed by atoms with van der Waals surface area (Å²) in [5.41, 5.74) is 1.86. The average Bonchev–Trinajstić information content (AvgIpc) is 3.04. The van der Waals surface area contributed by atoms with Crippen LogP contribution >= 0.6 is 0 Å². The summed E-state index contributed by atoms with van der Waals surface area (Å²) in [6.07, 6.45) is 4.85. The van der Waals surface area contributed by atoms with Gasteiger partial charge in [0.25, 0.3) is 11.8 Å². The third-order valence-electron chi connectivity index (χ3n) is 6.26. The number of piperidine rings is 1. The highest BCUT2D eigenvalue weighted by atomic mass is 16.5. The summed E-state index contributed by atoms with van der Waals surface area (Å²) in [7, 11) is 0. The van der Waals surface area contributed by atoms with E-state index < -0.39 is 0 Å². The highest BCUT2D eigenvalue weighted by Crippen LogP contribution is 2.35. The van der Waals surface area contributed by atoms with E-state index in [2.05, 4.69) is 32.6 Å².